The van der Waals surface area contributed by atoms with Crippen molar-refractivity contribution in [2.75, 3.05) is 13.1 Å². The van der Waals surface area contributed by atoms with Crippen LogP contribution in [-0.4, -0.2) is 45.9 Å². The Kier molecular flexibility index (Phi) is 4.24. The topological polar surface area (TPSA) is 63.3 Å². The fraction of sp³-hybridized carbons (Fsp3) is 0.467. The number of amides is 1. The maximum atomic E-state index is 13.8. The number of carbonyl (C=O) groups is 1. The van der Waals surface area contributed by atoms with Crippen LogP contribution < -0.4 is 5.32 Å². The van der Waals surface area contributed by atoms with E-state index >= 15 is 0 Å². The molecule has 6 nitrogen and oxygen atoms in total. The van der Waals surface area contributed by atoms with Gasteiger partial charge >= 0.3 is 0 Å². The lowest BCUT2D eigenvalue weighted by Crippen LogP contribution is -2.40. The van der Waals surface area contributed by atoms with Gasteiger partial charge in [0, 0.05) is 38.9 Å². The average molecular weight is 306 g/mol. The molecule has 0 spiro atoms. The largest absolute Gasteiger partial charge is 0.472 e. The van der Waals surface area contributed by atoms with Gasteiger partial charge in [0.2, 0.25) is 0 Å². The van der Waals surface area contributed by atoms with Crippen LogP contribution in [0.2, 0.25) is 0 Å². The number of nitrogens with one attached hydrogen (secondary N) is 1. The van der Waals surface area contributed by atoms with Crippen LogP contribution in [0.15, 0.2) is 35.3 Å². The van der Waals surface area contributed by atoms with Gasteiger partial charge in [-0.25, -0.2) is 4.39 Å². The molecule has 2 aromatic rings. The first-order chi connectivity index (χ1) is 10.6. The third-order valence-electron chi connectivity index (χ3n) is 4.05. The summed E-state index contributed by atoms with van der Waals surface area (Å²) in [5.41, 5.74) is 1.51. The Labute approximate surface area is 127 Å². The maximum Gasteiger partial charge on any atom is 0.254 e. The van der Waals surface area contributed by atoms with Gasteiger partial charge in [0.1, 0.15) is 12.4 Å². The molecule has 0 bridgehead atoms. The molecule has 2 atom stereocenters. The number of aryl methyl sites for hydroxylation is 1. The molecule has 0 unspecified atom stereocenters. The Bertz CT molecular complexity index is 625. The summed E-state index contributed by atoms with van der Waals surface area (Å²) in [6.45, 7) is 1.43. The van der Waals surface area contributed by atoms with Crippen molar-refractivity contribution >= 4 is 5.91 Å². The van der Waals surface area contributed by atoms with E-state index < -0.39 is 6.17 Å². The summed E-state index contributed by atoms with van der Waals surface area (Å²) in [4.78, 5) is 14.0. The molecule has 118 valence electrons. The maximum absolute atomic E-state index is 13.8. The predicted octanol–water partition coefficient (Wildman–Crippen LogP) is 1.36. The molecule has 1 N–H and O–H groups in total. The third kappa shape index (κ3) is 3.19. The van der Waals surface area contributed by atoms with Crippen molar-refractivity contribution in [3.63, 3.8) is 0 Å². The minimum atomic E-state index is -0.857. The van der Waals surface area contributed by atoms with Crippen molar-refractivity contribution in [2.45, 2.75) is 25.2 Å². The molecule has 3 heterocycles. The number of hydrogen-bond donors (Lipinski definition) is 1. The molecule has 1 aliphatic heterocycles. The van der Waals surface area contributed by atoms with Crippen molar-refractivity contribution < 1.29 is 13.6 Å². The number of furan rings is 1. The van der Waals surface area contributed by atoms with Crippen LogP contribution in [0.4, 0.5) is 4.39 Å². The van der Waals surface area contributed by atoms with Crippen molar-refractivity contribution in [2.24, 2.45) is 7.05 Å². The second-order valence-corrected chi connectivity index (χ2v) is 5.58. The van der Waals surface area contributed by atoms with E-state index in [1.165, 1.54) is 12.5 Å². The van der Waals surface area contributed by atoms with Gasteiger partial charge in [-0.15, -0.1) is 0 Å². The van der Waals surface area contributed by atoms with Crippen molar-refractivity contribution in [1.82, 2.24) is 20.0 Å². The highest BCUT2D eigenvalue weighted by Gasteiger charge is 2.32. The van der Waals surface area contributed by atoms with Crippen LogP contribution in [0, 0.1) is 0 Å². The van der Waals surface area contributed by atoms with Gasteiger partial charge in [0.25, 0.3) is 5.91 Å². The highest BCUT2D eigenvalue weighted by molar-refractivity contribution is 5.93. The van der Waals surface area contributed by atoms with E-state index in [0.717, 1.165) is 5.69 Å². The molecule has 1 amide bonds. The Balaban J connectivity index is 1.59. The Morgan fingerprint density at radius 3 is 3.09 bits per heavy atom. The average Bonchev–Trinajstić information content (AvgIpc) is 3.20. The second-order valence-electron chi connectivity index (χ2n) is 5.58. The van der Waals surface area contributed by atoms with Crippen LogP contribution in [-0.2, 0) is 13.6 Å². The second kappa shape index (κ2) is 6.31. The molecule has 0 aliphatic carbocycles. The summed E-state index contributed by atoms with van der Waals surface area (Å²) in [6, 6.07) is 3.52. The van der Waals surface area contributed by atoms with E-state index in [4.69, 9.17) is 4.42 Å². The van der Waals surface area contributed by atoms with Gasteiger partial charge in [-0.3, -0.25) is 14.4 Å². The summed E-state index contributed by atoms with van der Waals surface area (Å²) < 4.78 is 20.4. The number of carbonyl (C=O) groups excluding carboxylic acids is 1. The van der Waals surface area contributed by atoms with Gasteiger partial charge in [-0.05, 0) is 18.6 Å². The SMILES string of the molecule is Cn1nccc1CN1C[C@@H](F)C[C@H]1CNC(=O)c1ccoc1. The Morgan fingerprint density at radius 2 is 2.41 bits per heavy atom. The molecule has 1 saturated heterocycles. The number of aromatic nitrogens is 2. The fourth-order valence-corrected chi connectivity index (χ4v) is 2.80. The molecular formula is C15H19FN4O2. The fourth-order valence-electron chi connectivity index (χ4n) is 2.80. The summed E-state index contributed by atoms with van der Waals surface area (Å²) in [6.07, 6.45) is 4.16. The zero-order valence-corrected chi connectivity index (χ0v) is 12.4. The normalized spacial score (nSPS) is 22.1. The van der Waals surface area contributed by atoms with Crippen LogP contribution >= 0.6 is 0 Å². The lowest BCUT2D eigenvalue weighted by atomic mass is 10.2. The number of nitrogens with zero attached hydrogens (tertiary/aromatic N) is 3. The van der Waals surface area contributed by atoms with Crippen molar-refractivity contribution in [3.05, 3.63) is 42.1 Å². The highest BCUT2D eigenvalue weighted by Crippen LogP contribution is 2.22. The number of hydrogen-bond acceptors (Lipinski definition) is 4. The number of halogens is 1. The number of rotatable bonds is 5. The molecule has 2 aromatic heterocycles. The van der Waals surface area contributed by atoms with E-state index in [2.05, 4.69) is 15.3 Å². The van der Waals surface area contributed by atoms with Crippen LogP contribution in [0.5, 0.6) is 0 Å². The number of alkyl halides is 1. The van der Waals surface area contributed by atoms with Crippen LogP contribution in [0.25, 0.3) is 0 Å². The van der Waals surface area contributed by atoms with Crippen molar-refractivity contribution in [3.8, 4) is 0 Å². The molecule has 0 saturated carbocycles. The molecule has 0 aromatic carbocycles. The van der Waals surface area contributed by atoms with Gasteiger partial charge < -0.3 is 9.73 Å². The first kappa shape index (κ1) is 14.8. The first-order valence-electron chi connectivity index (χ1n) is 7.29. The van der Waals surface area contributed by atoms with E-state index in [1.807, 2.05) is 13.1 Å². The lowest BCUT2D eigenvalue weighted by molar-refractivity contribution is 0.0939. The Morgan fingerprint density at radius 1 is 1.55 bits per heavy atom. The summed E-state index contributed by atoms with van der Waals surface area (Å²) in [5, 5.41) is 6.97. The van der Waals surface area contributed by atoms with E-state index in [0.29, 0.717) is 31.6 Å². The van der Waals surface area contributed by atoms with Gasteiger partial charge in [0.15, 0.2) is 0 Å². The summed E-state index contributed by atoms with van der Waals surface area (Å²) in [5.74, 6) is -0.198. The summed E-state index contributed by atoms with van der Waals surface area (Å²) in [7, 11) is 1.87. The molecule has 22 heavy (non-hydrogen) atoms. The van der Waals surface area contributed by atoms with Gasteiger partial charge in [-0.1, -0.05) is 0 Å². The monoisotopic (exact) mass is 306 g/mol. The third-order valence-corrected chi connectivity index (χ3v) is 4.05. The van der Waals surface area contributed by atoms with Crippen LogP contribution in [0.1, 0.15) is 22.5 Å². The van der Waals surface area contributed by atoms with E-state index in [-0.39, 0.29) is 11.9 Å². The highest BCUT2D eigenvalue weighted by atomic mass is 19.1. The van der Waals surface area contributed by atoms with E-state index in [9.17, 15) is 9.18 Å². The molecule has 1 fully saturated rings. The molecule has 0 radical (unpaired) electrons. The lowest BCUT2D eigenvalue weighted by Gasteiger charge is -2.24. The zero-order chi connectivity index (χ0) is 15.5. The quantitative estimate of drug-likeness (QED) is 0.906. The minimum absolute atomic E-state index is 0.0132. The number of likely N-dealkylation sites (tertiary alicyclic amines) is 1. The van der Waals surface area contributed by atoms with Crippen LogP contribution in [0.3, 0.4) is 0 Å². The van der Waals surface area contributed by atoms with Crippen molar-refractivity contribution in [1.29, 1.82) is 0 Å². The first-order valence-corrected chi connectivity index (χ1v) is 7.29. The Hall–Kier alpha value is -2.15. The van der Waals surface area contributed by atoms with Gasteiger partial charge in [0.05, 0.1) is 17.5 Å². The molecule has 7 heteroatoms. The zero-order valence-electron chi connectivity index (χ0n) is 12.4. The van der Waals surface area contributed by atoms with E-state index in [1.54, 1.807) is 16.9 Å². The molecule has 3 rings (SSSR count). The smallest absolute Gasteiger partial charge is 0.254 e. The minimum Gasteiger partial charge on any atom is -0.472 e. The molecule has 1 aliphatic rings. The van der Waals surface area contributed by atoms with Gasteiger partial charge in [-0.2, -0.15) is 5.10 Å². The molecular weight excluding hydrogens is 287 g/mol. The standard InChI is InChI=1S/C15H19FN4O2/c1-19-13(2-4-18-19)9-20-8-12(16)6-14(20)7-17-15(21)11-3-5-22-10-11/h2-5,10,12,14H,6-9H2,1H3,(H,17,21)/t12-,14-/m0/s1. The predicted molar refractivity (Wildman–Crippen MR) is 78.0 cm³/mol. The summed E-state index contributed by atoms with van der Waals surface area (Å²) >= 11 is 0.